The van der Waals surface area contributed by atoms with Gasteiger partial charge >= 0.3 is 11.9 Å². The molecule has 2 aromatic carbocycles. The SMILES string of the molecule is O=C(O)CCNC(=O)c1ccc(N=Nc2ccc(O)c(C(=O)O)c2)cc1.[Na]. The predicted octanol–water partition coefficient (Wildman–Crippen LogP) is 2.33. The second-order valence-electron chi connectivity index (χ2n) is 5.15. The van der Waals surface area contributed by atoms with Gasteiger partial charge in [-0.05, 0) is 42.5 Å². The Morgan fingerprint density at radius 1 is 0.926 bits per heavy atom. The number of carboxylic acids is 2. The van der Waals surface area contributed by atoms with Crippen LogP contribution >= 0.6 is 0 Å². The van der Waals surface area contributed by atoms with E-state index in [0.717, 1.165) is 0 Å². The number of amides is 1. The molecular formula is C17H15N3NaO6. The van der Waals surface area contributed by atoms with E-state index in [0.29, 0.717) is 11.3 Å². The van der Waals surface area contributed by atoms with Gasteiger partial charge in [-0.1, -0.05) is 0 Å². The number of hydrogen-bond acceptors (Lipinski definition) is 6. The van der Waals surface area contributed by atoms with Gasteiger partial charge in [0.2, 0.25) is 0 Å². The second-order valence-corrected chi connectivity index (χ2v) is 5.15. The molecule has 2 rings (SSSR count). The van der Waals surface area contributed by atoms with Gasteiger partial charge in [0.25, 0.3) is 5.91 Å². The van der Waals surface area contributed by atoms with Crippen LogP contribution in [0.25, 0.3) is 0 Å². The maximum atomic E-state index is 11.8. The molecule has 0 spiro atoms. The number of carbonyl (C=O) groups excluding carboxylic acids is 1. The van der Waals surface area contributed by atoms with Crippen LogP contribution in [-0.2, 0) is 4.79 Å². The summed E-state index contributed by atoms with van der Waals surface area (Å²) in [7, 11) is 0. The summed E-state index contributed by atoms with van der Waals surface area (Å²) in [5.74, 6) is -3.05. The first-order valence-corrected chi connectivity index (χ1v) is 7.45. The molecule has 10 heteroatoms. The number of carbonyl (C=O) groups is 3. The van der Waals surface area contributed by atoms with Crippen molar-refractivity contribution in [3.05, 3.63) is 53.6 Å². The van der Waals surface area contributed by atoms with Crippen LogP contribution in [0.1, 0.15) is 27.1 Å². The third kappa shape index (κ3) is 6.81. The number of phenols is 1. The zero-order valence-corrected chi connectivity index (χ0v) is 16.4. The van der Waals surface area contributed by atoms with E-state index >= 15 is 0 Å². The van der Waals surface area contributed by atoms with E-state index in [2.05, 4.69) is 15.5 Å². The first-order valence-electron chi connectivity index (χ1n) is 7.45. The zero-order valence-electron chi connectivity index (χ0n) is 14.4. The Hall–Kier alpha value is -2.75. The first-order chi connectivity index (χ1) is 12.4. The van der Waals surface area contributed by atoms with Gasteiger partial charge in [0.15, 0.2) is 0 Å². The Balaban J connectivity index is 0.00000364. The molecule has 135 valence electrons. The fourth-order valence-corrected chi connectivity index (χ4v) is 1.94. The number of azo groups is 1. The first kappa shape index (κ1) is 22.3. The molecule has 27 heavy (non-hydrogen) atoms. The summed E-state index contributed by atoms with van der Waals surface area (Å²) < 4.78 is 0. The Morgan fingerprint density at radius 2 is 1.52 bits per heavy atom. The van der Waals surface area contributed by atoms with Crippen molar-refractivity contribution in [3.63, 3.8) is 0 Å². The number of hydrogen-bond donors (Lipinski definition) is 4. The van der Waals surface area contributed by atoms with Crippen LogP contribution in [0.3, 0.4) is 0 Å². The number of aromatic hydroxyl groups is 1. The Kier molecular flexibility index (Phi) is 8.60. The second kappa shape index (κ2) is 10.4. The van der Waals surface area contributed by atoms with Crippen LogP contribution in [0.5, 0.6) is 5.75 Å². The van der Waals surface area contributed by atoms with Crippen LogP contribution in [0, 0.1) is 0 Å². The van der Waals surface area contributed by atoms with E-state index in [9.17, 15) is 19.5 Å². The van der Waals surface area contributed by atoms with Gasteiger partial charge in [-0.15, -0.1) is 0 Å². The molecule has 0 saturated heterocycles. The van der Waals surface area contributed by atoms with E-state index in [4.69, 9.17) is 10.2 Å². The Morgan fingerprint density at radius 3 is 2.11 bits per heavy atom. The summed E-state index contributed by atoms with van der Waals surface area (Å²) in [6.07, 6.45) is -0.164. The van der Waals surface area contributed by atoms with Gasteiger partial charge in [0.1, 0.15) is 11.3 Å². The van der Waals surface area contributed by atoms with Gasteiger partial charge in [-0.3, -0.25) is 9.59 Å². The van der Waals surface area contributed by atoms with Crippen molar-refractivity contribution in [1.29, 1.82) is 0 Å². The van der Waals surface area contributed by atoms with Crippen molar-refractivity contribution in [2.45, 2.75) is 6.42 Å². The molecule has 0 aliphatic rings. The molecule has 0 unspecified atom stereocenters. The molecule has 0 atom stereocenters. The number of aromatic carboxylic acids is 1. The van der Waals surface area contributed by atoms with Gasteiger partial charge in [-0.25, -0.2) is 4.79 Å². The van der Waals surface area contributed by atoms with Crippen molar-refractivity contribution in [2.24, 2.45) is 10.2 Å². The van der Waals surface area contributed by atoms with Crippen LogP contribution in [0.15, 0.2) is 52.7 Å². The molecule has 4 N–H and O–H groups in total. The number of carboxylic acid groups (broad SMARTS) is 2. The predicted molar refractivity (Wildman–Crippen MR) is 96.0 cm³/mol. The van der Waals surface area contributed by atoms with Crippen LogP contribution in [-0.4, -0.2) is 69.3 Å². The minimum Gasteiger partial charge on any atom is -0.507 e. The maximum absolute atomic E-state index is 11.8. The molecule has 0 aromatic heterocycles. The van der Waals surface area contributed by atoms with Gasteiger partial charge < -0.3 is 20.6 Å². The van der Waals surface area contributed by atoms with Crippen molar-refractivity contribution in [3.8, 4) is 5.75 Å². The van der Waals surface area contributed by atoms with Gasteiger partial charge in [-0.2, -0.15) is 10.2 Å². The molecule has 0 heterocycles. The monoisotopic (exact) mass is 380 g/mol. The number of nitrogens with one attached hydrogen (secondary N) is 1. The van der Waals surface area contributed by atoms with Crippen LogP contribution < -0.4 is 5.32 Å². The average Bonchev–Trinajstić information content (AvgIpc) is 2.60. The molecule has 0 aliphatic carbocycles. The number of nitrogens with zero attached hydrogens (tertiary/aromatic N) is 2. The molecule has 0 fully saturated rings. The summed E-state index contributed by atoms with van der Waals surface area (Å²) in [4.78, 5) is 33.2. The summed E-state index contributed by atoms with van der Waals surface area (Å²) in [5.41, 5.74) is 0.731. The number of aliphatic carboxylic acids is 1. The number of benzene rings is 2. The number of rotatable bonds is 7. The van der Waals surface area contributed by atoms with Gasteiger partial charge in [0.05, 0.1) is 17.8 Å². The standard InChI is InChI=1S/C17H15N3O6.Na/c21-14-6-5-12(9-13(14)17(25)26)20-19-11-3-1-10(2-4-11)16(24)18-8-7-15(22)23;/h1-6,9,21H,7-8H2,(H,18,24)(H,22,23)(H,25,26);. The topological polar surface area (TPSA) is 149 Å². The minimum atomic E-state index is -1.28. The summed E-state index contributed by atoms with van der Waals surface area (Å²) in [6, 6.07) is 9.89. The molecule has 9 nitrogen and oxygen atoms in total. The smallest absolute Gasteiger partial charge is 0.339 e. The van der Waals surface area contributed by atoms with Gasteiger partial charge in [0, 0.05) is 41.7 Å². The molecule has 0 saturated carbocycles. The van der Waals surface area contributed by atoms with Crippen molar-refractivity contribution in [2.75, 3.05) is 6.54 Å². The summed E-state index contributed by atoms with van der Waals surface area (Å²) >= 11 is 0. The molecule has 2 aromatic rings. The molecular weight excluding hydrogens is 365 g/mol. The quantitative estimate of drug-likeness (QED) is 0.428. The zero-order chi connectivity index (χ0) is 19.1. The molecule has 0 bridgehead atoms. The van der Waals surface area contributed by atoms with Crippen molar-refractivity contribution < 1.29 is 29.7 Å². The normalized spacial score (nSPS) is 10.2. The molecule has 0 aliphatic heterocycles. The van der Waals surface area contributed by atoms with E-state index in [1.807, 2.05) is 0 Å². The van der Waals surface area contributed by atoms with Crippen molar-refractivity contribution in [1.82, 2.24) is 5.32 Å². The van der Waals surface area contributed by atoms with E-state index in [1.165, 1.54) is 42.5 Å². The third-order valence-electron chi connectivity index (χ3n) is 3.25. The van der Waals surface area contributed by atoms with E-state index < -0.39 is 17.8 Å². The fourth-order valence-electron chi connectivity index (χ4n) is 1.94. The summed E-state index contributed by atoms with van der Waals surface area (Å²) in [6.45, 7) is 0.0301. The van der Waals surface area contributed by atoms with E-state index in [1.54, 1.807) is 0 Å². The van der Waals surface area contributed by atoms with Crippen LogP contribution in [0.4, 0.5) is 11.4 Å². The average molecular weight is 380 g/mol. The largest absolute Gasteiger partial charge is 0.507 e. The third-order valence-corrected chi connectivity index (χ3v) is 3.25. The molecule has 1 amide bonds. The Labute approximate surface area is 176 Å². The Bertz CT molecular complexity index is 867. The molecule has 1 radical (unpaired) electrons. The van der Waals surface area contributed by atoms with Crippen LogP contribution in [0.2, 0.25) is 0 Å². The minimum absolute atomic E-state index is 0. The van der Waals surface area contributed by atoms with E-state index in [-0.39, 0.29) is 59.5 Å². The maximum Gasteiger partial charge on any atom is 0.339 e. The fraction of sp³-hybridized carbons (Fsp3) is 0.118. The summed E-state index contributed by atoms with van der Waals surface area (Å²) in [5, 5.41) is 37.2. The van der Waals surface area contributed by atoms with Crippen molar-refractivity contribution >= 4 is 58.8 Å².